The number of hydrogen-bond acceptors (Lipinski definition) is 5. The number of anilines is 1. The maximum absolute atomic E-state index is 11.9. The topological polar surface area (TPSA) is 72.2 Å². The summed E-state index contributed by atoms with van der Waals surface area (Å²) in [4.78, 5) is 25.7. The van der Waals surface area contributed by atoms with E-state index < -0.39 is 5.69 Å². The van der Waals surface area contributed by atoms with Crippen molar-refractivity contribution in [3.63, 3.8) is 0 Å². The molecule has 1 aliphatic rings. The van der Waals surface area contributed by atoms with Crippen LogP contribution in [0.5, 0.6) is 0 Å². The normalized spacial score (nSPS) is 17.9. The number of aromatic nitrogens is 3. The zero-order valence-corrected chi connectivity index (χ0v) is 11.0. The van der Waals surface area contributed by atoms with Gasteiger partial charge in [0.05, 0.1) is 0 Å². The van der Waals surface area contributed by atoms with Gasteiger partial charge in [-0.2, -0.15) is 0 Å². The molecule has 1 aromatic heterocycles. The quantitative estimate of drug-likeness (QED) is 0.731. The van der Waals surface area contributed by atoms with Crippen LogP contribution in [-0.4, -0.2) is 45.4 Å². The number of nitrogens with one attached hydrogen (secondary N) is 1. The average Bonchev–Trinajstić information content (AvgIpc) is 2.36. The first-order valence-electron chi connectivity index (χ1n) is 6.08. The second-order valence-electron chi connectivity index (χ2n) is 4.84. The van der Waals surface area contributed by atoms with Crippen LogP contribution in [0.25, 0.3) is 0 Å². The summed E-state index contributed by atoms with van der Waals surface area (Å²) in [6, 6.07) is 0.249. The average molecular weight is 253 g/mol. The van der Waals surface area contributed by atoms with Gasteiger partial charge in [-0.3, -0.25) is 9.36 Å². The predicted octanol–water partition coefficient (Wildman–Crippen LogP) is -1.01. The third-order valence-electron chi connectivity index (χ3n) is 3.38. The number of rotatable bonds is 2. The van der Waals surface area contributed by atoms with Crippen LogP contribution in [0, 0.1) is 0 Å². The molecular weight excluding hydrogens is 234 g/mol. The van der Waals surface area contributed by atoms with Gasteiger partial charge in [-0.25, -0.2) is 9.48 Å². The van der Waals surface area contributed by atoms with E-state index in [1.54, 1.807) is 7.05 Å². The van der Waals surface area contributed by atoms with E-state index in [4.69, 9.17) is 0 Å². The van der Waals surface area contributed by atoms with Gasteiger partial charge in [0.25, 0.3) is 5.56 Å². The van der Waals surface area contributed by atoms with Crippen LogP contribution in [0.15, 0.2) is 9.59 Å². The fourth-order valence-electron chi connectivity index (χ4n) is 2.14. The Morgan fingerprint density at radius 3 is 2.39 bits per heavy atom. The molecule has 1 saturated heterocycles. The molecule has 0 amide bonds. The van der Waals surface area contributed by atoms with E-state index >= 15 is 0 Å². The summed E-state index contributed by atoms with van der Waals surface area (Å²) < 4.78 is 2.25. The monoisotopic (exact) mass is 253 g/mol. The Labute approximate surface area is 105 Å². The van der Waals surface area contributed by atoms with Gasteiger partial charge in [0.2, 0.25) is 5.82 Å². The fourth-order valence-corrected chi connectivity index (χ4v) is 2.14. The predicted molar refractivity (Wildman–Crippen MR) is 68.9 cm³/mol. The van der Waals surface area contributed by atoms with Crippen molar-refractivity contribution in [1.29, 1.82) is 0 Å². The van der Waals surface area contributed by atoms with Crippen molar-refractivity contribution >= 4 is 5.82 Å². The molecule has 7 nitrogen and oxygen atoms in total. The molecule has 1 N–H and O–H groups in total. The lowest BCUT2D eigenvalue weighted by molar-refractivity contribution is 0.263. The molecule has 18 heavy (non-hydrogen) atoms. The molecular formula is C11H19N5O2. The first-order chi connectivity index (χ1) is 8.49. The number of hydrogen-bond donors (Lipinski definition) is 1. The molecule has 0 bridgehead atoms. The Bertz CT molecular complexity index is 539. The summed E-state index contributed by atoms with van der Waals surface area (Å²) >= 11 is 0. The third-order valence-corrected chi connectivity index (χ3v) is 3.38. The molecule has 0 aliphatic carbocycles. The summed E-state index contributed by atoms with van der Waals surface area (Å²) in [7, 11) is 5.09. The molecule has 7 heteroatoms. The fraction of sp³-hybridized carbons (Fsp3) is 0.727. The van der Waals surface area contributed by atoms with Crippen LogP contribution in [0.4, 0.5) is 5.82 Å². The highest BCUT2D eigenvalue weighted by atomic mass is 16.2. The summed E-state index contributed by atoms with van der Waals surface area (Å²) in [5.41, 5.74) is -0.772. The number of aryl methyl sites for hydroxylation is 1. The molecule has 0 unspecified atom stereocenters. The van der Waals surface area contributed by atoms with E-state index in [2.05, 4.69) is 22.4 Å². The van der Waals surface area contributed by atoms with Crippen molar-refractivity contribution in [2.45, 2.75) is 18.9 Å². The Morgan fingerprint density at radius 1 is 1.17 bits per heavy atom. The maximum atomic E-state index is 11.9. The Kier molecular flexibility index (Phi) is 3.51. The van der Waals surface area contributed by atoms with Gasteiger partial charge in [-0.15, -0.1) is 5.10 Å². The van der Waals surface area contributed by atoms with Crippen molar-refractivity contribution in [2.75, 3.05) is 25.5 Å². The van der Waals surface area contributed by atoms with Crippen LogP contribution >= 0.6 is 0 Å². The van der Waals surface area contributed by atoms with Gasteiger partial charge < -0.3 is 10.2 Å². The highest BCUT2D eigenvalue weighted by molar-refractivity contribution is 5.31. The minimum absolute atomic E-state index is 0.249. The number of piperidine rings is 1. The van der Waals surface area contributed by atoms with Gasteiger partial charge >= 0.3 is 5.69 Å². The second-order valence-corrected chi connectivity index (χ2v) is 4.84. The Hall–Kier alpha value is -1.63. The highest BCUT2D eigenvalue weighted by Gasteiger charge is 2.19. The molecule has 100 valence electrons. The third kappa shape index (κ3) is 2.45. The molecule has 0 spiro atoms. The molecule has 0 radical (unpaired) electrons. The van der Waals surface area contributed by atoms with Gasteiger partial charge in [0, 0.05) is 20.1 Å². The molecule has 1 fully saturated rings. The van der Waals surface area contributed by atoms with E-state index in [1.807, 2.05) is 0 Å². The zero-order valence-electron chi connectivity index (χ0n) is 11.0. The zero-order chi connectivity index (χ0) is 13.3. The summed E-state index contributed by atoms with van der Waals surface area (Å²) in [5, 5.41) is 7.14. The van der Waals surface area contributed by atoms with E-state index in [0.29, 0.717) is 0 Å². The SMILES string of the molecule is CN1CCC(Nc2nn(C)c(=O)n(C)c2=O)CC1. The van der Waals surface area contributed by atoms with E-state index in [1.165, 1.54) is 11.7 Å². The van der Waals surface area contributed by atoms with Gasteiger partial charge in [0.15, 0.2) is 0 Å². The van der Waals surface area contributed by atoms with Crippen LogP contribution in [0.1, 0.15) is 12.8 Å². The molecule has 0 aromatic carbocycles. The lowest BCUT2D eigenvalue weighted by Gasteiger charge is -2.29. The number of nitrogens with zero attached hydrogens (tertiary/aromatic N) is 4. The maximum Gasteiger partial charge on any atom is 0.346 e. The van der Waals surface area contributed by atoms with Gasteiger partial charge in [-0.05, 0) is 33.0 Å². The first-order valence-corrected chi connectivity index (χ1v) is 6.08. The van der Waals surface area contributed by atoms with Crippen LogP contribution < -0.4 is 16.6 Å². The molecule has 1 aliphatic heterocycles. The van der Waals surface area contributed by atoms with E-state index in [-0.39, 0.29) is 17.4 Å². The van der Waals surface area contributed by atoms with Crippen LogP contribution in [0.3, 0.4) is 0 Å². The lowest BCUT2D eigenvalue weighted by atomic mass is 10.1. The Balaban J connectivity index is 2.20. The lowest BCUT2D eigenvalue weighted by Crippen LogP contribution is -2.43. The summed E-state index contributed by atoms with van der Waals surface area (Å²) in [5.74, 6) is 0.258. The van der Waals surface area contributed by atoms with Gasteiger partial charge in [0.1, 0.15) is 0 Å². The van der Waals surface area contributed by atoms with Crippen molar-refractivity contribution < 1.29 is 0 Å². The minimum atomic E-state index is -0.408. The smallest absolute Gasteiger partial charge is 0.346 e. The molecule has 1 aromatic rings. The standard InChI is InChI=1S/C11H19N5O2/c1-14-6-4-8(5-7-14)12-9-10(17)15(2)11(18)16(3)13-9/h8H,4-7H2,1-3H3,(H,12,13). The Morgan fingerprint density at radius 2 is 1.78 bits per heavy atom. The van der Waals surface area contributed by atoms with E-state index in [9.17, 15) is 9.59 Å². The molecule has 2 rings (SSSR count). The van der Waals surface area contributed by atoms with Crippen molar-refractivity contribution in [1.82, 2.24) is 19.2 Å². The molecule has 2 heterocycles. The summed E-state index contributed by atoms with van der Waals surface area (Å²) in [6.45, 7) is 2.01. The van der Waals surface area contributed by atoms with Crippen LogP contribution in [0.2, 0.25) is 0 Å². The molecule has 0 saturated carbocycles. The van der Waals surface area contributed by atoms with E-state index in [0.717, 1.165) is 30.5 Å². The number of likely N-dealkylation sites (tertiary alicyclic amines) is 1. The summed E-state index contributed by atoms with van der Waals surface area (Å²) in [6.07, 6.45) is 1.95. The largest absolute Gasteiger partial charge is 0.361 e. The van der Waals surface area contributed by atoms with Gasteiger partial charge in [-0.1, -0.05) is 0 Å². The minimum Gasteiger partial charge on any atom is -0.361 e. The first kappa shape index (κ1) is 12.8. The van der Waals surface area contributed by atoms with Crippen molar-refractivity contribution in [3.05, 3.63) is 20.8 Å². The van der Waals surface area contributed by atoms with Crippen molar-refractivity contribution in [3.8, 4) is 0 Å². The highest BCUT2D eigenvalue weighted by Crippen LogP contribution is 2.11. The second kappa shape index (κ2) is 4.93. The van der Waals surface area contributed by atoms with Crippen LogP contribution in [-0.2, 0) is 14.1 Å². The van der Waals surface area contributed by atoms with Crippen molar-refractivity contribution in [2.24, 2.45) is 14.1 Å². The molecule has 0 atom stereocenters.